The van der Waals surface area contributed by atoms with Crippen molar-refractivity contribution in [3.63, 3.8) is 0 Å². The van der Waals surface area contributed by atoms with Gasteiger partial charge in [-0.3, -0.25) is 4.79 Å². The van der Waals surface area contributed by atoms with Crippen LogP contribution in [-0.4, -0.2) is 44.8 Å². The topological polar surface area (TPSA) is 57.2 Å². The predicted molar refractivity (Wildman–Crippen MR) is 112 cm³/mol. The number of ether oxygens (including phenoxy) is 4. The lowest BCUT2D eigenvalue weighted by atomic mass is 10.1. The van der Waals surface area contributed by atoms with E-state index in [1.165, 1.54) is 20.3 Å². The van der Waals surface area contributed by atoms with Crippen LogP contribution in [0.4, 0.5) is 0 Å². The van der Waals surface area contributed by atoms with Gasteiger partial charge in [-0.25, -0.2) is 0 Å². The molecular weight excluding hydrogens is 394 g/mol. The van der Waals surface area contributed by atoms with Gasteiger partial charge in [-0.05, 0) is 36.8 Å². The van der Waals surface area contributed by atoms with E-state index in [1.54, 1.807) is 23.1 Å². The van der Waals surface area contributed by atoms with E-state index in [2.05, 4.69) is 0 Å². The zero-order valence-electron chi connectivity index (χ0n) is 16.7. The van der Waals surface area contributed by atoms with Crippen LogP contribution in [-0.2, 0) is 11.3 Å². The third-order valence-electron chi connectivity index (χ3n) is 4.58. The monoisotopic (exact) mass is 417 g/mol. The first-order valence-corrected chi connectivity index (χ1v) is 9.71. The predicted octanol–water partition coefficient (Wildman–Crippen LogP) is 4.19. The lowest BCUT2D eigenvalue weighted by Gasteiger charge is -2.24. The third-order valence-corrected chi connectivity index (χ3v) is 4.86. The molecule has 2 aromatic rings. The lowest BCUT2D eigenvalue weighted by molar-refractivity contribution is -0.126. The minimum atomic E-state index is -0.118. The molecule has 0 spiro atoms. The summed E-state index contributed by atoms with van der Waals surface area (Å²) >= 11 is 6.23. The summed E-state index contributed by atoms with van der Waals surface area (Å²) in [5.74, 6) is 2.28. The molecular formula is C22H24ClNO5. The molecule has 0 saturated carbocycles. The summed E-state index contributed by atoms with van der Waals surface area (Å²) in [6.45, 7) is 3.96. The van der Waals surface area contributed by atoms with E-state index in [0.717, 1.165) is 11.1 Å². The van der Waals surface area contributed by atoms with Crippen molar-refractivity contribution < 1.29 is 23.7 Å². The highest BCUT2D eigenvalue weighted by Crippen LogP contribution is 2.36. The number of benzene rings is 2. The number of halogens is 1. The van der Waals surface area contributed by atoms with Crippen molar-refractivity contribution >= 4 is 23.6 Å². The van der Waals surface area contributed by atoms with Crippen molar-refractivity contribution in [1.29, 1.82) is 0 Å². The second kappa shape index (κ2) is 9.56. The number of nitrogens with zero attached hydrogens (tertiary/aromatic N) is 1. The van der Waals surface area contributed by atoms with Gasteiger partial charge in [-0.15, -0.1) is 0 Å². The Bertz CT molecular complexity index is 912. The molecule has 0 fully saturated rings. The first kappa shape index (κ1) is 20.9. The second-order valence-electron chi connectivity index (χ2n) is 6.37. The molecule has 2 aromatic carbocycles. The van der Waals surface area contributed by atoms with Crippen LogP contribution >= 0.6 is 11.6 Å². The number of amides is 1. The number of fused-ring (bicyclic) bond motifs is 1. The SMILES string of the molecule is CCN(Cc1cccc2c1OCCO2)C(=O)/C=C/c1cc(Cl)c(OC)c(OC)c1. The zero-order chi connectivity index (χ0) is 20.8. The van der Waals surface area contributed by atoms with Gasteiger partial charge in [0.1, 0.15) is 13.2 Å². The minimum Gasteiger partial charge on any atom is -0.493 e. The van der Waals surface area contributed by atoms with E-state index >= 15 is 0 Å². The summed E-state index contributed by atoms with van der Waals surface area (Å²) in [6.07, 6.45) is 3.23. The summed E-state index contributed by atoms with van der Waals surface area (Å²) in [4.78, 5) is 14.5. The van der Waals surface area contributed by atoms with Crippen LogP contribution in [0.5, 0.6) is 23.0 Å². The van der Waals surface area contributed by atoms with Crippen molar-refractivity contribution in [3.8, 4) is 23.0 Å². The van der Waals surface area contributed by atoms with Crippen LogP contribution < -0.4 is 18.9 Å². The van der Waals surface area contributed by atoms with Crippen LogP contribution in [0.2, 0.25) is 5.02 Å². The first-order chi connectivity index (χ1) is 14.1. The fourth-order valence-electron chi connectivity index (χ4n) is 3.12. The van der Waals surface area contributed by atoms with Gasteiger partial charge in [-0.1, -0.05) is 23.7 Å². The van der Waals surface area contributed by atoms with E-state index < -0.39 is 0 Å². The van der Waals surface area contributed by atoms with Gasteiger partial charge in [0.05, 0.1) is 19.2 Å². The average Bonchev–Trinajstić information content (AvgIpc) is 2.75. The Morgan fingerprint density at radius 3 is 2.72 bits per heavy atom. The first-order valence-electron chi connectivity index (χ1n) is 9.33. The van der Waals surface area contributed by atoms with Crippen LogP contribution in [0.15, 0.2) is 36.4 Å². The molecule has 0 unspecified atom stereocenters. The molecule has 0 saturated heterocycles. The molecule has 1 aliphatic heterocycles. The van der Waals surface area contributed by atoms with Crippen molar-refractivity contribution in [2.24, 2.45) is 0 Å². The third kappa shape index (κ3) is 4.77. The Kier molecular flexibility index (Phi) is 6.88. The van der Waals surface area contributed by atoms with Crippen molar-refractivity contribution in [2.75, 3.05) is 34.0 Å². The molecule has 6 nitrogen and oxygen atoms in total. The molecule has 0 radical (unpaired) electrons. The van der Waals surface area contributed by atoms with Gasteiger partial charge in [0.15, 0.2) is 23.0 Å². The Morgan fingerprint density at radius 1 is 1.21 bits per heavy atom. The van der Waals surface area contributed by atoms with E-state index in [4.69, 9.17) is 30.5 Å². The highest BCUT2D eigenvalue weighted by Gasteiger charge is 2.19. The molecule has 0 atom stereocenters. The quantitative estimate of drug-likeness (QED) is 0.632. The van der Waals surface area contributed by atoms with Crippen LogP contribution in [0.3, 0.4) is 0 Å². The van der Waals surface area contributed by atoms with E-state index in [-0.39, 0.29) is 5.91 Å². The number of hydrogen-bond acceptors (Lipinski definition) is 5. The summed E-state index contributed by atoms with van der Waals surface area (Å²) in [6, 6.07) is 9.21. The van der Waals surface area contributed by atoms with Crippen LogP contribution in [0, 0.1) is 0 Å². The fraction of sp³-hybridized carbons (Fsp3) is 0.318. The maximum atomic E-state index is 12.8. The van der Waals surface area contributed by atoms with Gasteiger partial charge in [-0.2, -0.15) is 0 Å². The number of carbonyl (C=O) groups is 1. The molecule has 154 valence electrons. The number of carbonyl (C=O) groups excluding carboxylic acids is 1. The second-order valence-corrected chi connectivity index (χ2v) is 6.77. The van der Waals surface area contributed by atoms with Crippen LogP contribution in [0.25, 0.3) is 6.08 Å². The number of likely N-dealkylation sites (N-methyl/N-ethyl adjacent to an activating group) is 1. The van der Waals surface area contributed by atoms with E-state index in [1.807, 2.05) is 25.1 Å². The molecule has 29 heavy (non-hydrogen) atoms. The Morgan fingerprint density at radius 2 is 2.00 bits per heavy atom. The zero-order valence-corrected chi connectivity index (χ0v) is 17.5. The van der Waals surface area contributed by atoms with E-state index in [9.17, 15) is 4.79 Å². The van der Waals surface area contributed by atoms with Gasteiger partial charge >= 0.3 is 0 Å². The normalized spacial score (nSPS) is 12.7. The summed E-state index contributed by atoms with van der Waals surface area (Å²) < 4.78 is 21.9. The highest BCUT2D eigenvalue weighted by molar-refractivity contribution is 6.32. The fourth-order valence-corrected chi connectivity index (χ4v) is 3.41. The molecule has 0 N–H and O–H groups in total. The maximum Gasteiger partial charge on any atom is 0.246 e. The van der Waals surface area contributed by atoms with Crippen molar-refractivity contribution in [3.05, 3.63) is 52.6 Å². The Balaban J connectivity index is 1.76. The van der Waals surface area contributed by atoms with Crippen molar-refractivity contribution in [1.82, 2.24) is 4.90 Å². The van der Waals surface area contributed by atoms with Gasteiger partial charge < -0.3 is 23.8 Å². The van der Waals surface area contributed by atoms with E-state index in [0.29, 0.717) is 54.3 Å². The number of methoxy groups -OCH3 is 2. The molecule has 3 rings (SSSR count). The minimum absolute atomic E-state index is 0.118. The standard InChI is InChI=1S/C22H24ClNO5/c1-4-24(14-16-6-5-7-18-21(16)29-11-10-28-18)20(25)9-8-15-12-17(23)22(27-3)19(13-15)26-2/h5-9,12-13H,4,10-11,14H2,1-3H3/b9-8+. The number of rotatable bonds is 7. The molecule has 1 amide bonds. The highest BCUT2D eigenvalue weighted by atomic mass is 35.5. The van der Waals surface area contributed by atoms with Gasteiger partial charge in [0, 0.05) is 24.7 Å². The summed E-state index contributed by atoms with van der Waals surface area (Å²) in [5.41, 5.74) is 1.66. The molecule has 0 aliphatic carbocycles. The van der Waals surface area contributed by atoms with Gasteiger partial charge in [0.2, 0.25) is 5.91 Å². The smallest absolute Gasteiger partial charge is 0.246 e. The van der Waals surface area contributed by atoms with Crippen LogP contribution in [0.1, 0.15) is 18.1 Å². The Hall–Kier alpha value is -2.86. The summed E-state index contributed by atoms with van der Waals surface area (Å²) in [5, 5.41) is 0.416. The number of hydrogen-bond donors (Lipinski definition) is 0. The van der Waals surface area contributed by atoms with Crippen molar-refractivity contribution in [2.45, 2.75) is 13.5 Å². The summed E-state index contributed by atoms with van der Waals surface area (Å²) in [7, 11) is 3.07. The Labute approximate surface area is 175 Å². The molecule has 1 aliphatic rings. The number of para-hydroxylation sites is 1. The molecule has 0 bridgehead atoms. The lowest BCUT2D eigenvalue weighted by Crippen LogP contribution is -2.29. The largest absolute Gasteiger partial charge is 0.493 e. The molecule has 0 aromatic heterocycles. The maximum absolute atomic E-state index is 12.8. The average molecular weight is 418 g/mol. The molecule has 7 heteroatoms. The molecule has 1 heterocycles. The van der Waals surface area contributed by atoms with Gasteiger partial charge in [0.25, 0.3) is 0 Å².